The average molecular weight is 257 g/mol. The van der Waals surface area contributed by atoms with Crippen molar-refractivity contribution in [3.05, 3.63) is 29.8 Å². The van der Waals surface area contributed by atoms with E-state index in [4.69, 9.17) is 16.3 Å². The van der Waals surface area contributed by atoms with Crippen LogP contribution in [0.3, 0.4) is 0 Å². The molecule has 0 bridgehead atoms. The highest BCUT2D eigenvalue weighted by molar-refractivity contribution is 6.18. The Bertz CT molecular complexity index is 341. The third-order valence-electron chi connectivity index (χ3n) is 2.19. The van der Waals surface area contributed by atoms with E-state index < -0.39 is 0 Å². The number of hydrogen-bond donors (Lipinski definition) is 2. The number of urea groups is 1. The van der Waals surface area contributed by atoms with E-state index in [2.05, 4.69) is 10.6 Å². The Morgan fingerprint density at radius 3 is 2.65 bits per heavy atom. The topological polar surface area (TPSA) is 50.4 Å². The molecule has 17 heavy (non-hydrogen) atoms. The smallest absolute Gasteiger partial charge is 0.319 e. The summed E-state index contributed by atoms with van der Waals surface area (Å²) in [4.78, 5) is 11.3. The third-order valence-corrected chi connectivity index (χ3v) is 2.38. The first-order valence-corrected chi connectivity index (χ1v) is 5.98. The molecule has 0 radical (unpaired) electrons. The largest absolute Gasteiger partial charge is 0.384 e. The van der Waals surface area contributed by atoms with Crippen molar-refractivity contribution in [3.63, 3.8) is 0 Å². The molecular formula is C12H17ClN2O2. The van der Waals surface area contributed by atoms with Gasteiger partial charge in [0.15, 0.2) is 0 Å². The van der Waals surface area contributed by atoms with Gasteiger partial charge >= 0.3 is 6.03 Å². The molecule has 0 spiro atoms. The lowest BCUT2D eigenvalue weighted by Crippen LogP contribution is -2.30. The van der Waals surface area contributed by atoms with E-state index in [-0.39, 0.29) is 6.03 Å². The van der Waals surface area contributed by atoms with Crippen LogP contribution in [0.2, 0.25) is 0 Å². The van der Waals surface area contributed by atoms with E-state index in [1.165, 1.54) is 5.56 Å². The first-order valence-electron chi connectivity index (χ1n) is 5.45. The molecule has 0 heterocycles. The van der Waals surface area contributed by atoms with Gasteiger partial charge in [-0.25, -0.2) is 4.79 Å². The fourth-order valence-corrected chi connectivity index (χ4v) is 1.41. The highest BCUT2D eigenvalue weighted by atomic mass is 35.5. The van der Waals surface area contributed by atoms with Gasteiger partial charge in [0.05, 0.1) is 6.61 Å². The number of nitrogens with one attached hydrogen (secondary N) is 2. The Balaban J connectivity index is 2.42. The quantitative estimate of drug-likeness (QED) is 0.767. The second-order valence-electron chi connectivity index (χ2n) is 3.51. The molecule has 1 aromatic rings. The Morgan fingerprint density at radius 1 is 1.35 bits per heavy atom. The summed E-state index contributed by atoms with van der Waals surface area (Å²) < 4.78 is 4.99. The highest BCUT2D eigenvalue weighted by Crippen LogP contribution is 2.09. The molecule has 0 unspecified atom stereocenters. The van der Waals surface area contributed by atoms with Crippen molar-refractivity contribution in [1.82, 2.24) is 5.32 Å². The summed E-state index contributed by atoms with van der Waals surface area (Å²) >= 11 is 5.46. The number of amides is 2. The summed E-state index contributed by atoms with van der Waals surface area (Å²) in [5.74, 6) is 0.406. The van der Waals surface area contributed by atoms with Crippen LogP contribution in [0.25, 0.3) is 0 Å². The second-order valence-corrected chi connectivity index (χ2v) is 3.89. The Morgan fingerprint density at radius 2 is 2.06 bits per heavy atom. The minimum Gasteiger partial charge on any atom is -0.384 e. The zero-order valence-corrected chi connectivity index (χ0v) is 10.6. The van der Waals surface area contributed by atoms with E-state index in [0.717, 1.165) is 12.1 Å². The van der Waals surface area contributed by atoms with Gasteiger partial charge in [-0.15, -0.1) is 11.6 Å². The number of rotatable bonds is 6. The number of carbonyl (C=O) groups is 1. The van der Waals surface area contributed by atoms with Crippen molar-refractivity contribution in [3.8, 4) is 0 Å². The van der Waals surface area contributed by atoms with Gasteiger partial charge in [-0.2, -0.15) is 0 Å². The van der Waals surface area contributed by atoms with Gasteiger partial charge in [0, 0.05) is 25.2 Å². The zero-order chi connectivity index (χ0) is 12.5. The van der Waals surface area contributed by atoms with Crippen molar-refractivity contribution in [2.24, 2.45) is 0 Å². The molecule has 0 aromatic heterocycles. The SMILES string of the molecule is COCCc1ccc(NC(=O)NCCCl)cc1. The molecule has 0 aliphatic heterocycles. The molecule has 1 aromatic carbocycles. The predicted molar refractivity (Wildman–Crippen MR) is 69.8 cm³/mol. The molecule has 2 amide bonds. The normalized spacial score (nSPS) is 10.0. The number of anilines is 1. The van der Waals surface area contributed by atoms with Crippen molar-refractivity contribution in [1.29, 1.82) is 0 Å². The van der Waals surface area contributed by atoms with Gasteiger partial charge in [-0.3, -0.25) is 0 Å². The van der Waals surface area contributed by atoms with Gasteiger partial charge in [0.25, 0.3) is 0 Å². The molecule has 0 saturated heterocycles. The summed E-state index contributed by atoms with van der Waals surface area (Å²) in [5, 5.41) is 5.35. The van der Waals surface area contributed by atoms with E-state index in [1.54, 1.807) is 7.11 Å². The van der Waals surface area contributed by atoms with Gasteiger partial charge in [0.1, 0.15) is 0 Å². The zero-order valence-electron chi connectivity index (χ0n) is 9.83. The number of benzene rings is 1. The molecule has 0 saturated carbocycles. The minimum absolute atomic E-state index is 0.240. The van der Waals surface area contributed by atoms with Gasteiger partial charge in [-0.05, 0) is 24.1 Å². The molecule has 0 fully saturated rings. The van der Waals surface area contributed by atoms with Crippen LogP contribution in [-0.4, -0.2) is 32.2 Å². The summed E-state index contributed by atoms with van der Waals surface area (Å²) in [7, 11) is 1.68. The number of carbonyl (C=O) groups excluding carboxylic acids is 1. The Kier molecular flexibility index (Phi) is 6.43. The second kappa shape index (κ2) is 7.92. The summed E-state index contributed by atoms with van der Waals surface area (Å²) in [6.07, 6.45) is 0.870. The summed E-state index contributed by atoms with van der Waals surface area (Å²) in [6, 6.07) is 7.43. The van der Waals surface area contributed by atoms with Crippen LogP contribution < -0.4 is 10.6 Å². The Hall–Kier alpha value is -1.26. The highest BCUT2D eigenvalue weighted by Gasteiger charge is 2.00. The molecular weight excluding hydrogens is 240 g/mol. The van der Waals surface area contributed by atoms with Gasteiger partial charge in [0.2, 0.25) is 0 Å². The molecule has 0 aliphatic rings. The number of methoxy groups -OCH3 is 1. The van der Waals surface area contributed by atoms with E-state index in [0.29, 0.717) is 19.0 Å². The fraction of sp³-hybridized carbons (Fsp3) is 0.417. The molecule has 0 aliphatic carbocycles. The molecule has 2 N–H and O–H groups in total. The third kappa shape index (κ3) is 5.56. The van der Waals surface area contributed by atoms with Crippen LogP contribution in [0.15, 0.2) is 24.3 Å². The molecule has 0 atom stereocenters. The summed E-state index contributed by atoms with van der Waals surface area (Å²) in [6.45, 7) is 1.16. The standard InChI is InChI=1S/C12H17ClN2O2/c1-17-9-6-10-2-4-11(5-3-10)15-12(16)14-8-7-13/h2-5H,6-9H2,1H3,(H2,14,15,16). The van der Waals surface area contributed by atoms with Crippen molar-refractivity contribution in [2.45, 2.75) is 6.42 Å². The van der Waals surface area contributed by atoms with Crippen molar-refractivity contribution in [2.75, 3.05) is 31.5 Å². The monoisotopic (exact) mass is 256 g/mol. The van der Waals surface area contributed by atoms with Gasteiger partial charge < -0.3 is 15.4 Å². The molecule has 4 nitrogen and oxygen atoms in total. The number of ether oxygens (including phenoxy) is 1. The van der Waals surface area contributed by atoms with Crippen molar-refractivity contribution >= 4 is 23.3 Å². The maximum Gasteiger partial charge on any atom is 0.319 e. The lowest BCUT2D eigenvalue weighted by Gasteiger charge is -2.07. The first kappa shape index (κ1) is 13.8. The van der Waals surface area contributed by atoms with Crippen molar-refractivity contribution < 1.29 is 9.53 Å². The minimum atomic E-state index is -0.240. The van der Waals surface area contributed by atoms with E-state index in [1.807, 2.05) is 24.3 Å². The lowest BCUT2D eigenvalue weighted by atomic mass is 10.1. The molecule has 1 rings (SSSR count). The summed E-state index contributed by atoms with van der Waals surface area (Å²) in [5.41, 5.74) is 1.94. The maximum absolute atomic E-state index is 11.3. The van der Waals surface area contributed by atoms with Gasteiger partial charge in [-0.1, -0.05) is 12.1 Å². The van der Waals surface area contributed by atoms with Crippen LogP contribution in [0.1, 0.15) is 5.56 Å². The number of halogens is 1. The number of hydrogen-bond acceptors (Lipinski definition) is 2. The van der Waals surface area contributed by atoms with Crippen LogP contribution in [0, 0.1) is 0 Å². The van der Waals surface area contributed by atoms with E-state index >= 15 is 0 Å². The molecule has 5 heteroatoms. The van der Waals surface area contributed by atoms with Crippen LogP contribution in [0.4, 0.5) is 10.5 Å². The lowest BCUT2D eigenvalue weighted by molar-refractivity contribution is 0.202. The molecule has 94 valence electrons. The maximum atomic E-state index is 11.3. The van der Waals surface area contributed by atoms with Crippen LogP contribution in [0.5, 0.6) is 0 Å². The van der Waals surface area contributed by atoms with E-state index in [9.17, 15) is 4.79 Å². The van der Waals surface area contributed by atoms with Crippen LogP contribution >= 0.6 is 11.6 Å². The first-order chi connectivity index (χ1) is 8.26. The predicted octanol–water partition coefficient (Wildman–Crippen LogP) is 2.24. The number of alkyl halides is 1. The van der Waals surface area contributed by atoms with Crippen LogP contribution in [-0.2, 0) is 11.2 Å². The average Bonchev–Trinajstić information content (AvgIpc) is 2.35. The fourth-order valence-electron chi connectivity index (χ4n) is 1.31. The Labute approximate surface area is 106 Å².